The lowest BCUT2D eigenvalue weighted by Gasteiger charge is -2.23. The summed E-state index contributed by atoms with van der Waals surface area (Å²) in [5.74, 6) is 0.910. The van der Waals surface area contributed by atoms with E-state index in [0.29, 0.717) is 28.3 Å². The normalized spacial score (nSPS) is 13.5. The molecular weight excluding hydrogens is 299 g/mol. The van der Waals surface area contributed by atoms with E-state index in [9.17, 15) is 14.3 Å². The molecule has 0 aliphatic carbocycles. The predicted octanol–water partition coefficient (Wildman–Crippen LogP) is 3.37. The van der Waals surface area contributed by atoms with Gasteiger partial charge in [0.05, 0.1) is 6.54 Å². The molecule has 2 rings (SSSR count). The highest BCUT2D eigenvalue weighted by atomic mass is 19.1. The van der Waals surface area contributed by atoms with Crippen molar-refractivity contribution in [3.8, 4) is 0 Å². The van der Waals surface area contributed by atoms with Gasteiger partial charge in [0.25, 0.3) is 0 Å². The van der Waals surface area contributed by atoms with Crippen LogP contribution in [0.1, 0.15) is 29.6 Å². The molecule has 3 N–H and O–H groups in total. The van der Waals surface area contributed by atoms with Gasteiger partial charge in [0, 0.05) is 16.8 Å². The summed E-state index contributed by atoms with van der Waals surface area (Å²) in [6.45, 7) is 6.72. The van der Waals surface area contributed by atoms with E-state index in [1.807, 2.05) is 0 Å². The molecule has 0 radical (unpaired) electrons. The number of carbonyl (C=O) groups is 1. The molecule has 0 fully saturated rings. The zero-order valence-electron chi connectivity index (χ0n) is 13.7. The lowest BCUT2D eigenvalue weighted by atomic mass is 9.96. The predicted molar refractivity (Wildman–Crippen MR) is 85.9 cm³/mol. The molecule has 23 heavy (non-hydrogen) atoms. The number of hydrogen-bond acceptors (Lipinski definition) is 3. The minimum atomic E-state index is -1.27. The first kappa shape index (κ1) is 17.0. The summed E-state index contributed by atoms with van der Waals surface area (Å²) < 4.78 is 18.9. The number of rotatable bonds is 4. The zero-order chi connectivity index (χ0) is 17.2. The molecule has 0 aliphatic heterocycles. The van der Waals surface area contributed by atoms with Crippen molar-refractivity contribution in [1.29, 1.82) is 0 Å². The highest BCUT2D eigenvalue weighted by Gasteiger charge is 2.28. The molecule has 5 nitrogen and oxygen atoms in total. The third kappa shape index (κ3) is 3.90. The van der Waals surface area contributed by atoms with Crippen molar-refractivity contribution in [3.05, 3.63) is 52.7 Å². The van der Waals surface area contributed by atoms with Crippen LogP contribution in [0.4, 0.5) is 14.9 Å². The Morgan fingerprint density at radius 3 is 2.65 bits per heavy atom. The van der Waals surface area contributed by atoms with E-state index in [0.717, 1.165) is 0 Å². The maximum atomic E-state index is 13.5. The van der Waals surface area contributed by atoms with Gasteiger partial charge < -0.3 is 20.2 Å². The van der Waals surface area contributed by atoms with Crippen LogP contribution in [0.25, 0.3) is 0 Å². The summed E-state index contributed by atoms with van der Waals surface area (Å²) in [4.78, 5) is 12.0. The van der Waals surface area contributed by atoms with E-state index in [4.69, 9.17) is 4.42 Å². The standard InChI is InChI=1S/C17H21FN2O3/c1-10-8-13(12(3)23-10)17(4,22)9-19-16(21)20-15-7-5-6-14(18)11(15)2/h5-8,22H,9H2,1-4H3,(H2,19,20,21). The largest absolute Gasteiger partial charge is 0.466 e. The van der Waals surface area contributed by atoms with Crippen molar-refractivity contribution < 1.29 is 18.7 Å². The summed E-state index contributed by atoms with van der Waals surface area (Å²) in [5.41, 5.74) is 0.0984. The molecule has 0 aliphatic rings. The Labute approximate surface area is 134 Å². The van der Waals surface area contributed by atoms with Crippen molar-refractivity contribution in [2.24, 2.45) is 0 Å². The van der Waals surface area contributed by atoms with Gasteiger partial charge in [-0.2, -0.15) is 0 Å². The summed E-state index contributed by atoms with van der Waals surface area (Å²) in [6, 6.07) is 5.68. The third-order valence-corrected chi connectivity index (χ3v) is 3.73. The van der Waals surface area contributed by atoms with Crippen LogP contribution >= 0.6 is 0 Å². The first-order valence-corrected chi connectivity index (χ1v) is 7.30. The number of halogens is 1. The van der Waals surface area contributed by atoms with Crippen LogP contribution in [0.15, 0.2) is 28.7 Å². The number of benzene rings is 1. The fourth-order valence-corrected chi connectivity index (χ4v) is 2.42. The number of furan rings is 1. The fraction of sp³-hybridized carbons (Fsp3) is 0.353. The Morgan fingerprint density at radius 2 is 2.04 bits per heavy atom. The smallest absolute Gasteiger partial charge is 0.319 e. The number of aryl methyl sites for hydroxylation is 2. The number of carbonyl (C=O) groups excluding carboxylic acids is 1. The van der Waals surface area contributed by atoms with Crippen molar-refractivity contribution in [2.45, 2.75) is 33.3 Å². The quantitative estimate of drug-likeness (QED) is 0.808. The molecule has 0 bridgehead atoms. The highest BCUT2D eigenvalue weighted by Crippen LogP contribution is 2.26. The minimum Gasteiger partial charge on any atom is -0.466 e. The number of aliphatic hydroxyl groups is 1. The Morgan fingerprint density at radius 1 is 1.35 bits per heavy atom. The molecule has 0 spiro atoms. The lowest BCUT2D eigenvalue weighted by molar-refractivity contribution is 0.0584. The summed E-state index contributed by atoms with van der Waals surface area (Å²) >= 11 is 0. The van der Waals surface area contributed by atoms with Gasteiger partial charge in [-0.05, 0) is 45.9 Å². The van der Waals surface area contributed by atoms with E-state index >= 15 is 0 Å². The maximum Gasteiger partial charge on any atom is 0.319 e. The van der Waals surface area contributed by atoms with E-state index < -0.39 is 11.6 Å². The van der Waals surface area contributed by atoms with Crippen LogP contribution in [-0.2, 0) is 5.60 Å². The van der Waals surface area contributed by atoms with Crippen LogP contribution in [-0.4, -0.2) is 17.7 Å². The van der Waals surface area contributed by atoms with Gasteiger partial charge in [0.1, 0.15) is 22.9 Å². The molecule has 0 saturated heterocycles. The van der Waals surface area contributed by atoms with Gasteiger partial charge >= 0.3 is 6.03 Å². The van der Waals surface area contributed by atoms with Crippen molar-refractivity contribution in [2.75, 3.05) is 11.9 Å². The molecule has 1 unspecified atom stereocenters. The van der Waals surface area contributed by atoms with Crippen LogP contribution in [0.5, 0.6) is 0 Å². The van der Waals surface area contributed by atoms with Crippen LogP contribution in [0.2, 0.25) is 0 Å². The van der Waals surface area contributed by atoms with Gasteiger partial charge in [-0.15, -0.1) is 0 Å². The van der Waals surface area contributed by atoms with Crippen molar-refractivity contribution in [1.82, 2.24) is 5.32 Å². The second-order valence-electron chi connectivity index (χ2n) is 5.82. The summed E-state index contributed by atoms with van der Waals surface area (Å²) in [5, 5.41) is 15.7. The van der Waals surface area contributed by atoms with E-state index in [-0.39, 0.29) is 12.4 Å². The topological polar surface area (TPSA) is 74.5 Å². The number of nitrogens with one attached hydrogen (secondary N) is 2. The number of amides is 2. The first-order valence-electron chi connectivity index (χ1n) is 7.30. The van der Waals surface area contributed by atoms with E-state index in [2.05, 4.69) is 10.6 Å². The number of hydrogen-bond donors (Lipinski definition) is 3. The van der Waals surface area contributed by atoms with Gasteiger partial charge in [0.2, 0.25) is 0 Å². The molecule has 2 amide bonds. The Kier molecular flexibility index (Phi) is 4.75. The molecule has 124 valence electrons. The molecular formula is C17H21FN2O3. The van der Waals surface area contributed by atoms with Gasteiger partial charge in [-0.25, -0.2) is 9.18 Å². The molecule has 1 aromatic heterocycles. The fourth-order valence-electron chi connectivity index (χ4n) is 2.42. The Hall–Kier alpha value is -2.34. The maximum absolute atomic E-state index is 13.5. The Bertz CT molecular complexity index is 723. The SMILES string of the molecule is Cc1cc(C(C)(O)CNC(=O)Nc2cccc(F)c2C)c(C)o1. The van der Waals surface area contributed by atoms with Gasteiger partial charge in [0.15, 0.2) is 0 Å². The molecule has 1 atom stereocenters. The monoisotopic (exact) mass is 320 g/mol. The van der Waals surface area contributed by atoms with Crippen LogP contribution in [0, 0.1) is 26.6 Å². The molecule has 6 heteroatoms. The second kappa shape index (κ2) is 6.42. The first-order chi connectivity index (χ1) is 10.7. The summed E-state index contributed by atoms with van der Waals surface area (Å²) in [6.07, 6.45) is 0. The molecule has 2 aromatic rings. The number of anilines is 1. The third-order valence-electron chi connectivity index (χ3n) is 3.73. The number of urea groups is 1. The van der Waals surface area contributed by atoms with Crippen molar-refractivity contribution >= 4 is 11.7 Å². The Balaban J connectivity index is 2.01. The average molecular weight is 320 g/mol. The second-order valence-corrected chi connectivity index (χ2v) is 5.82. The van der Waals surface area contributed by atoms with Gasteiger partial charge in [-0.3, -0.25) is 0 Å². The van der Waals surface area contributed by atoms with Gasteiger partial charge in [-0.1, -0.05) is 6.07 Å². The van der Waals surface area contributed by atoms with Crippen LogP contribution < -0.4 is 10.6 Å². The van der Waals surface area contributed by atoms with E-state index in [1.54, 1.807) is 39.8 Å². The highest BCUT2D eigenvalue weighted by molar-refractivity contribution is 5.90. The molecule has 0 saturated carbocycles. The average Bonchev–Trinajstić information content (AvgIpc) is 2.82. The van der Waals surface area contributed by atoms with E-state index in [1.165, 1.54) is 12.1 Å². The molecule has 1 heterocycles. The summed E-state index contributed by atoms with van der Waals surface area (Å²) in [7, 11) is 0. The molecule has 1 aromatic carbocycles. The zero-order valence-corrected chi connectivity index (χ0v) is 13.7. The lowest BCUT2D eigenvalue weighted by Crippen LogP contribution is -2.40. The van der Waals surface area contributed by atoms with Crippen LogP contribution in [0.3, 0.4) is 0 Å². The minimum absolute atomic E-state index is 0.00693. The van der Waals surface area contributed by atoms with Crippen molar-refractivity contribution in [3.63, 3.8) is 0 Å².